The highest BCUT2D eigenvalue weighted by molar-refractivity contribution is 8.00. The van der Waals surface area contributed by atoms with Crippen LogP contribution < -0.4 is 10.2 Å². The van der Waals surface area contributed by atoms with Gasteiger partial charge in [-0.05, 0) is 73.2 Å². The number of nitrogens with one attached hydrogen (secondary N) is 1. The second-order valence-electron chi connectivity index (χ2n) is 9.80. The minimum Gasteiger partial charge on any atom is -0.362 e. The fourth-order valence-corrected chi connectivity index (χ4v) is 4.90. The summed E-state index contributed by atoms with van der Waals surface area (Å²) >= 11 is -0.143. The number of halogens is 3. The van der Waals surface area contributed by atoms with Crippen molar-refractivity contribution in [2.45, 2.75) is 56.4 Å². The van der Waals surface area contributed by atoms with Crippen LogP contribution in [0.5, 0.6) is 0 Å². The molecule has 1 amide bonds. The van der Waals surface area contributed by atoms with Crippen LogP contribution in [-0.2, 0) is 11.2 Å². The lowest BCUT2D eigenvalue weighted by Crippen LogP contribution is -2.32. The molecule has 1 aromatic heterocycles. The summed E-state index contributed by atoms with van der Waals surface area (Å²) in [5, 5.41) is 4.04. The van der Waals surface area contributed by atoms with Crippen LogP contribution in [0.25, 0.3) is 10.9 Å². The molecule has 0 bridgehead atoms. The normalized spacial score (nSPS) is 17.6. The topological polar surface area (TPSA) is 58.1 Å². The third-order valence-electron chi connectivity index (χ3n) is 6.36. The van der Waals surface area contributed by atoms with Gasteiger partial charge in [0, 0.05) is 30.9 Å². The summed E-state index contributed by atoms with van der Waals surface area (Å²) < 4.78 is 36.8. The quantitative estimate of drug-likeness (QED) is 0.354. The summed E-state index contributed by atoms with van der Waals surface area (Å²) in [7, 11) is 3.99. The molecule has 0 aliphatic heterocycles. The van der Waals surface area contributed by atoms with E-state index in [1.165, 1.54) is 25.0 Å². The van der Waals surface area contributed by atoms with Crippen molar-refractivity contribution < 1.29 is 18.0 Å². The van der Waals surface area contributed by atoms with E-state index in [-0.39, 0.29) is 29.0 Å². The number of aryl methyl sites for hydroxylation is 1. The molecule has 1 aliphatic carbocycles. The molecule has 200 valence electrons. The molecule has 1 N–H and O–H groups in total. The highest BCUT2D eigenvalue weighted by Crippen LogP contribution is 2.36. The molecule has 1 saturated carbocycles. The number of anilines is 1. The maximum absolute atomic E-state index is 12.3. The van der Waals surface area contributed by atoms with E-state index in [9.17, 15) is 18.0 Å². The van der Waals surface area contributed by atoms with Gasteiger partial charge in [-0.25, -0.2) is 9.97 Å². The first-order valence-corrected chi connectivity index (χ1v) is 13.3. The Morgan fingerprint density at radius 2 is 1.68 bits per heavy atom. The predicted octanol–water partition coefficient (Wildman–Crippen LogP) is 6.79. The smallest absolute Gasteiger partial charge is 0.362 e. The van der Waals surface area contributed by atoms with E-state index in [0.29, 0.717) is 12.5 Å². The zero-order valence-electron chi connectivity index (χ0n) is 21.8. The van der Waals surface area contributed by atoms with Gasteiger partial charge >= 0.3 is 5.51 Å². The van der Waals surface area contributed by atoms with Gasteiger partial charge in [0.2, 0.25) is 5.91 Å². The Balaban J connectivity index is 0.000000231. The molecule has 0 spiro atoms. The van der Waals surface area contributed by atoms with E-state index in [1.807, 2.05) is 50.2 Å². The minimum atomic E-state index is -4.28. The van der Waals surface area contributed by atoms with Crippen molar-refractivity contribution in [1.29, 1.82) is 0 Å². The van der Waals surface area contributed by atoms with Crippen molar-refractivity contribution >= 4 is 34.4 Å². The standard InChI is InChI=1S/C17H22F3NOS.C11H13N3/c1-12-2-4-14(5-3-12)11-21-16(22)10-13-6-8-15(9-7-13)23-17(18,19)20;1-8-12-10-7-5-4-6-9(10)11(13-8)14(2)3/h6-9,12,14H,2-5,10-11H2,1H3,(H,21,22);4-7H,1-3H3. The van der Waals surface area contributed by atoms with Crippen molar-refractivity contribution in [3.8, 4) is 0 Å². The number of hydrogen-bond donors (Lipinski definition) is 1. The third-order valence-corrected chi connectivity index (χ3v) is 7.10. The Bertz CT molecular complexity index is 1160. The number of benzene rings is 2. The molecule has 1 fully saturated rings. The predicted molar refractivity (Wildman–Crippen MR) is 145 cm³/mol. The second-order valence-corrected chi connectivity index (χ2v) is 10.9. The molecule has 0 radical (unpaired) electrons. The Morgan fingerprint density at radius 1 is 1.03 bits per heavy atom. The van der Waals surface area contributed by atoms with Crippen LogP contribution in [0.4, 0.5) is 19.0 Å². The van der Waals surface area contributed by atoms with Gasteiger partial charge in [0.05, 0.1) is 11.9 Å². The monoisotopic (exact) mass is 532 g/mol. The van der Waals surface area contributed by atoms with E-state index in [4.69, 9.17) is 0 Å². The summed E-state index contributed by atoms with van der Waals surface area (Å²) in [6.45, 7) is 4.88. The van der Waals surface area contributed by atoms with Gasteiger partial charge in [-0.15, -0.1) is 0 Å². The third kappa shape index (κ3) is 9.54. The van der Waals surface area contributed by atoms with E-state index in [0.717, 1.165) is 46.9 Å². The van der Waals surface area contributed by atoms with Gasteiger partial charge in [-0.3, -0.25) is 4.79 Å². The fourth-order valence-electron chi connectivity index (χ4n) is 4.36. The molecule has 0 atom stereocenters. The van der Waals surface area contributed by atoms with Gasteiger partial charge in [-0.2, -0.15) is 13.2 Å². The fraction of sp³-hybridized carbons (Fsp3) is 0.464. The maximum atomic E-state index is 12.3. The zero-order chi connectivity index (χ0) is 27.0. The van der Waals surface area contributed by atoms with Gasteiger partial charge in [0.15, 0.2) is 0 Å². The Morgan fingerprint density at radius 3 is 2.30 bits per heavy atom. The van der Waals surface area contributed by atoms with E-state index >= 15 is 0 Å². The summed E-state index contributed by atoms with van der Waals surface area (Å²) in [5.41, 5.74) is -2.55. The highest BCUT2D eigenvalue weighted by atomic mass is 32.2. The van der Waals surface area contributed by atoms with E-state index < -0.39 is 5.51 Å². The van der Waals surface area contributed by atoms with Gasteiger partial charge in [0.25, 0.3) is 0 Å². The molecule has 0 saturated heterocycles. The molecule has 1 heterocycles. The van der Waals surface area contributed by atoms with Crippen molar-refractivity contribution in [2.24, 2.45) is 11.8 Å². The molecule has 5 nitrogen and oxygen atoms in total. The number of hydrogen-bond acceptors (Lipinski definition) is 5. The number of amides is 1. The number of aromatic nitrogens is 2. The van der Waals surface area contributed by atoms with Crippen LogP contribution in [0.2, 0.25) is 0 Å². The lowest BCUT2D eigenvalue weighted by Gasteiger charge is -2.26. The minimum absolute atomic E-state index is 0.0696. The van der Waals surface area contributed by atoms with Crippen LogP contribution in [-0.4, -0.2) is 42.0 Å². The Kier molecular flexibility index (Phi) is 10.2. The number of para-hydroxylation sites is 1. The number of alkyl halides is 3. The molecule has 3 aromatic rings. The molecule has 4 rings (SSSR count). The lowest BCUT2D eigenvalue weighted by atomic mass is 9.83. The van der Waals surface area contributed by atoms with Crippen LogP contribution >= 0.6 is 11.8 Å². The average Bonchev–Trinajstić information content (AvgIpc) is 2.84. The largest absolute Gasteiger partial charge is 0.446 e. The Labute approximate surface area is 221 Å². The number of nitrogens with zero attached hydrogens (tertiary/aromatic N) is 3. The molecule has 2 aromatic carbocycles. The molecular weight excluding hydrogens is 497 g/mol. The average molecular weight is 533 g/mol. The first-order valence-electron chi connectivity index (χ1n) is 12.5. The first kappa shape index (κ1) is 28.8. The summed E-state index contributed by atoms with van der Waals surface area (Å²) in [4.78, 5) is 22.9. The van der Waals surface area contributed by atoms with Crippen molar-refractivity contribution in [3.05, 3.63) is 59.9 Å². The summed E-state index contributed by atoms with van der Waals surface area (Å²) in [6, 6.07) is 14.0. The first-order chi connectivity index (χ1) is 17.5. The number of carbonyl (C=O) groups is 1. The highest BCUT2D eigenvalue weighted by Gasteiger charge is 2.29. The van der Waals surface area contributed by atoms with Gasteiger partial charge in [-0.1, -0.05) is 44.0 Å². The van der Waals surface area contributed by atoms with Crippen molar-refractivity contribution in [1.82, 2.24) is 15.3 Å². The molecule has 0 unspecified atom stereocenters. The van der Waals surface area contributed by atoms with Crippen LogP contribution in [0.15, 0.2) is 53.4 Å². The number of thioether (sulfide) groups is 1. The van der Waals surface area contributed by atoms with Crippen LogP contribution in [0, 0.1) is 18.8 Å². The SMILES string of the molecule is CC1CCC(CNC(=O)Cc2ccc(SC(F)(F)F)cc2)CC1.Cc1nc(N(C)C)c2ccccc2n1. The maximum Gasteiger partial charge on any atom is 0.446 e. The molecule has 1 aliphatic rings. The van der Waals surface area contributed by atoms with E-state index in [1.54, 1.807) is 12.1 Å². The lowest BCUT2D eigenvalue weighted by molar-refractivity contribution is -0.120. The second kappa shape index (κ2) is 13.1. The van der Waals surface area contributed by atoms with Crippen molar-refractivity contribution in [3.63, 3.8) is 0 Å². The van der Waals surface area contributed by atoms with E-state index in [2.05, 4.69) is 22.2 Å². The number of carbonyl (C=O) groups excluding carboxylic acids is 1. The molecular formula is C28H35F3N4OS. The number of rotatable bonds is 6. The van der Waals surface area contributed by atoms with Gasteiger partial charge < -0.3 is 10.2 Å². The van der Waals surface area contributed by atoms with Crippen molar-refractivity contribution in [2.75, 3.05) is 25.5 Å². The van der Waals surface area contributed by atoms with Gasteiger partial charge in [0.1, 0.15) is 11.6 Å². The van der Waals surface area contributed by atoms with Crippen LogP contribution in [0.3, 0.4) is 0 Å². The summed E-state index contributed by atoms with van der Waals surface area (Å²) in [6.07, 6.45) is 4.97. The number of fused-ring (bicyclic) bond motifs is 1. The molecule has 9 heteroatoms. The summed E-state index contributed by atoms with van der Waals surface area (Å²) in [5.74, 6) is 3.07. The van der Waals surface area contributed by atoms with Crippen LogP contribution in [0.1, 0.15) is 44.0 Å². The Hall–Kier alpha value is -2.81. The zero-order valence-corrected chi connectivity index (χ0v) is 22.6. The molecule has 37 heavy (non-hydrogen) atoms.